The first-order valence-electron chi connectivity index (χ1n) is 11.1. The van der Waals surface area contributed by atoms with Crippen LogP contribution in [0.25, 0.3) is 11.1 Å². The van der Waals surface area contributed by atoms with E-state index < -0.39 is 17.3 Å². The van der Waals surface area contributed by atoms with Crippen LogP contribution >= 0.6 is 0 Å². The molecule has 1 atom stereocenters. The number of amides is 1. The maximum Gasteiger partial charge on any atom is 0.419 e. The smallest absolute Gasteiger partial charge is 0.408 e. The van der Waals surface area contributed by atoms with Crippen molar-refractivity contribution in [2.24, 2.45) is 0 Å². The van der Waals surface area contributed by atoms with Gasteiger partial charge in [0.05, 0.1) is 17.7 Å². The number of aryl methyl sites for hydroxylation is 1. The van der Waals surface area contributed by atoms with Crippen LogP contribution in [0.5, 0.6) is 0 Å². The number of fused-ring (bicyclic) bond motifs is 1. The van der Waals surface area contributed by atoms with Crippen molar-refractivity contribution in [1.82, 2.24) is 14.4 Å². The average molecular weight is 453 g/mol. The highest BCUT2D eigenvalue weighted by Gasteiger charge is 2.41. The molecule has 0 radical (unpaired) electrons. The van der Waals surface area contributed by atoms with Crippen molar-refractivity contribution in [3.8, 4) is 0 Å². The van der Waals surface area contributed by atoms with Crippen molar-refractivity contribution in [3.63, 3.8) is 0 Å². The fourth-order valence-corrected chi connectivity index (χ4v) is 4.64. The van der Waals surface area contributed by atoms with Gasteiger partial charge in [0.1, 0.15) is 0 Å². The predicted octanol–water partition coefficient (Wildman–Crippen LogP) is 2.11. The molecule has 2 aromatic rings. The van der Waals surface area contributed by atoms with Crippen LogP contribution in [0.4, 0.5) is 14.5 Å². The topological polar surface area (TPSA) is 91.0 Å². The van der Waals surface area contributed by atoms with Gasteiger partial charge in [-0.1, -0.05) is 6.92 Å². The largest absolute Gasteiger partial charge is 0.419 e. The van der Waals surface area contributed by atoms with E-state index in [-0.39, 0.29) is 38.4 Å². The van der Waals surface area contributed by atoms with Gasteiger partial charge in [0.15, 0.2) is 5.58 Å². The van der Waals surface area contributed by atoms with Crippen LogP contribution < -0.4 is 11.1 Å². The number of carbonyl (C=O) groups is 1. The molecule has 176 valence electrons. The van der Waals surface area contributed by atoms with Gasteiger partial charge in [-0.25, -0.2) is 13.6 Å². The lowest BCUT2D eigenvalue weighted by atomic mass is 10.00. The minimum absolute atomic E-state index is 0.110. The highest BCUT2D eigenvalue weighted by molar-refractivity contribution is 5.94. The lowest BCUT2D eigenvalue weighted by molar-refractivity contribution is -0.117. The van der Waals surface area contributed by atoms with E-state index in [1.54, 1.807) is 22.8 Å². The molecule has 8 nitrogen and oxygen atoms in total. The first-order chi connectivity index (χ1) is 15.2. The summed E-state index contributed by atoms with van der Waals surface area (Å²) in [5.41, 5.74) is 0.639. The first-order valence-corrected chi connectivity index (χ1v) is 11.1. The maximum absolute atomic E-state index is 13.3. The molecule has 2 N–H and O–H groups in total. The summed E-state index contributed by atoms with van der Waals surface area (Å²) in [6, 6.07) is 5.11. The summed E-state index contributed by atoms with van der Waals surface area (Å²) in [5, 5.41) is 13.7. The zero-order valence-electron chi connectivity index (χ0n) is 18.3. The fourth-order valence-electron chi connectivity index (χ4n) is 4.64. The van der Waals surface area contributed by atoms with E-state index in [1.165, 1.54) is 0 Å². The van der Waals surface area contributed by atoms with Gasteiger partial charge in [-0.15, -0.1) is 0 Å². The fraction of sp³-hybridized carbons (Fsp3) is 0.636. The molecule has 3 heterocycles. The number of aromatic nitrogens is 1. The van der Waals surface area contributed by atoms with Gasteiger partial charge < -0.3 is 14.8 Å². The Kier molecular flexibility index (Phi) is 6.37. The Labute approximate surface area is 184 Å². The van der Waals surface area contributed by atoms with Crippen molar-refractivity contribution in [2.45, 2.75) is 50.7 Å². The number of nitrogens with zero attached hydrogens (tertiary/aromatic N) is 3. The molecule has 2 saturated heterocycles. The highest BCUT2D eigenvalue weighted by Crippen LogP contribution is 2.30. The van der Waals surface area contributed by atoms with Crippen molar-refractivity contribution in [1.29, 1.82) is 0 Å². The predicted molar refractivity (Wildman–Crippen MR) is 116 cm³/mol. The second-order valence-electron chi connectivity index (χ2n) is 9.07. The normalized spacial score (nSPS) is 24.2. The molecule has 4 rings (SSSR count). The van der Waals surface area contributed by atoms with Gasteiger partial charge in [-0.05, 0) is 25.0 Å². The number of likely N-dealkylation sites (tertiary alicyclic amines) is 2. The summed E-state index contributed by atoms with van der Waals surface area (Å²) in [4.78, 5) is 28.2. The third kappa shape index (κ3) is 5.19. The van der Waals surface area contributed by atoms with E-state index in [0.29, 0.717) is 49.4 Å². The summed E-state index contributed by atoms with van der Waals surface area (Å²) >= 11 is 0. The number of carbonyl (C=O) groups excluding carboxylic acids is 1. The maximum atomic E-state index is 13.3. The van der Waals surface area contributed by atoms with E-state index in [2.05, 4.69) is 5.32 Å². The molecule has 32 heavy (non-hydrogen) atoms. The van der Waals surface area contributed by atoms with Crippen LogP contribution in [0.1, 0.15) is 32.6 Å². The zero-order chi connectivity index (χ0) is 22.9. The quantitative estimate of drug-likeness (QED) is 0.669. The van der Waals surface area contributed by atoms with Gasteiger partial charge >= 0.3 is 5.76 Å². The number of rotatable bonds is 7. The molecule has 10 heteroatoms. The van der Waals surface area contributed by atoms with Crippen molar-refractivity contribution < 1.29 is 23.1 Å². The molecular formula is C22H30F2N4O4. The highest BCUT2D eigenvalue weighted by atomic mass is 19.3. The van der Waals surface area contributed by atoms with E-state index in [9.17, 15) is 23.5 Å². The molecule has 2 aliphatic heterocycles. The number of hydrogen-bond donors (Lipinski definition) is 2. The van der Waals surface area contributed by atoms with Crippen molar-refractivity contribution >= 4 is 22.7 Å². The van der Waals surface area contributed by atoms with Gasteiger partial charge in [-0.3, -0.25) is 19.2 Å². The lowest BCUT2D eigenvalue weighted by Gasteiger charge is -2.36. The second kappa shape index (κ2) is 8.92. The summed E-state index contributed by atoms with van der Waals surface area (Å²) in [7, 11) is 0. The van der Waals surface area contributed by atoms with E-state index in [1.807, 2.05) is 16.7 Å². The lowest BCUT2D eigenvalue weighted by Crippen LogP contribution is -2.49. The molecule has 0 bridgehead atoms. The summed E-state index contributed by atoms with van der Waals surface area (Å²) in [6.07, 6.45) is 0.942. The number of piperidine rings is 1. The number of oxazole rings is 1. The summed E-state index contributed by atoms with van der Waals surface area (Å²) in [5.74, 6) is -3.26. The number of nitrogens with one attached hydrogen (secondary N) is 1. The van der Waals surface area contributed by atoms with E-state index >= 15 is 0 Å². The van der Waals surface area contributed by atoms with Crippen LogP contribution in [-0.4, -0.2) is 76.2 Å². The summed E-state index contributed by atoms with van der Waals surface area (Å²) < 4.78 is 33.5. The monoisotopic (exact) mass is 452 g/mol. The third-order valence-corrected chi connectivity index (χ3v) is 6.28. The SMILES string of the molecule is CCCn1c(=O)oc2cc(NC(=O)CN3CCC(O)(CN4CCC(F)(F)CC4)C3)ccc21. The molecule has 2 fully saturated rings. The molecular weight excluding hydrogens is 422 g/mol. The molecule has 1 aromatic heterocycles. The molecule has 1 amide bonds. The Balaban J connectivity index is 1.30. The first kappa shape index (κ1) is 22.9. The number of benzene rings is 1. The standard InChI is InChI=1S/C22H30F2N4O4/c1-2-8-28-17-4-3-16(12-18(17)32-20(28)30)25-19(29)13-27-9-5-21(31,15-27)14-26-10-6-22(23,24)7-11-26/h3-4,12,31H,2,5-11,13-15H2,1H3,(H,25,29). The number of halogens is 2. The van der Waals surface area contributed by atoms with Crippen LogP contribution in [0.2, 0.25) is 0 Å². The average Bonchev–Trinajstić information content (AvgIpc) is 3.23. The molecule has 0 aliphatic carbocycles. The number of hydrogen-bond acceptors (Lipinski definition) is 6. The van der Waals surface area contributed by atoms with Gasteiger partial charge in [0.2, 0.25) is 5.91 Å². The van der Waals surface area contributed by atoms with Crippen LogP contribution in [0.15, 0.2) is 27.4 Å². The Hall–Kier alpha value is -2.30. The Morgan fingerprint density at radius 1 is 1.19 bits per heavy atom. The van der Waals surface area contributed by atoms with Gasteiger partial charge in [-0.2, -0.15) is 0 Å². The Bertz CT molecular complexity index is 1030. The second-order valence-corrected chi connectivity index (χ2v) is 9.07. The van der Waals surface area contributed by atoms with Gasteiger partial charge in [0, 0.05) is 63.9 Å². The molecule has 2 aliphatic rings. The molecule has 1 aromatic carbocycles. The number of alkyl halides is 2. The van der Waals surface area contributed by atoms with Crippen LogP contribution in [0, 0.1) is 0 Å². The Morgan fingerprint density at radius 3 is 2.62 bits per heavy atom. The van der Waals surface area contributed by atoms with Gasteiger partial charge in [0.25, 0.3) is 5.92 Å². The van der Waals surface area contributed by atoms with E-state index in [4.69, 9.17) is 4.42 Å². The van der Waals surface area contributed by atoms with Crippen molar-refractivity contribution in [3.05, 3.63) is 28.7 Å². The van der Waals surface area contributed by atoms with Crippen LogP contribution in [-0.2, 0) is 11.3 Å². The summed E-state index contributed by atoms with van der Waals surface area (Å²) in [6.45, 7) is 4.41. The molecule has 0 spiro atoms. The van der Waals surface area contributed by atoms with Crippen molar-refractivity contribution in [2.75, 3.05) is 44.6 Å². The van der Waals surface area contributed by atoms with E-state index in [0.717, 1.165) is 6.42 Å². The number of β-amino-alcohol motifs (C(OH)–C–C–N with tert-alkyl or cyclic N) is 1. The zero-order valence-corrected chi connectivity index (χ0v) is 18.3. The third-order valence-electron chi connectivity index (χ3n) is 6.28. The van der Waals surface area contributed by atoms with Crippen LogP contribution in [0.3, 0.4) is 0 Å². The molecule has 0 saturated carbocycles. The molecule has 1 unspecified atom stereocenters. The number of aliphatic hydroxyl groups is 1. The minimum Gasteiger partial charge on any atom is -0.408 e. The Morgan fingerprint density at radius 2 is 1.91 bits per heavy atom. The minimum atomic E-state index is -2.61. The number of anilines is 1.